The molecule has 1 N–H and O–H groups in total. The van der Waals surface area contributed by atoms with Crippen LogP contribution in [0.4, 0.5) is 8.78 Å². The van der Waals surface area contributed by atoms with Gasteiger partial charge in [-0.1, -0.05) is 25.3 Å². The van der Waals surface area contributed by atoms with Gasteiger partial charge in [-0.05, 0) is 44.5 Å². The maximum absolute atomic E-state index is 13.5. The molecule has 0 aliphatic heterocycles. The highest BCUT2D eigenvalue weighted by Gasteiger charge is 2.40. The van der Waals surface area contributed by atoms with E-state index >= 15 is 0 Å². The molecule has 0 amide bonds. The third kappa shape index (κ3) is 3.01. The monoisotopic (exact) mass is 283 g/mol. The molecule has 1 fully saturated rings. The third-order valence-corrected chi connectivity index (χ3v) is 4.22. The summed E-state index contributed by atoms with van der Waals surface area (Å²) in [5.74, 6) is -1.61. The molecule has 1 aromatic carbocycles. The Labute approximate surface area is 119 Å². The minimum atomic E-state index is -0.808. The van der Waals surface area contributed by atoms with Gasteiger partial charge in [-0.15, -0.1) is 0 Å². The van der Waals surface area contributed by atoms with E-state index < -0.39 is 11.6 Å². The van der Waals surface area contributed by atoms with Gasteiger partial charge in [-0.3, -0.25) is 0 Å². The summed E-state index contributed by atoms with van der Waals surface area (Å²) in [5.41, 5.74) is 0.438. The highest BCUT2D eigenvalue weighted by Crippen LogP contribution is 2.41. The van der Waals surface area contributed by atoms with E-state index in [-0.39, 0.29) is 11.6 Å². The Morgan fingerprint density at radius 1 is 1.20 bits per heavy atom. The summed E-state index contributed by atoms with van der Waals surface area (Å²) < 4.78 is 32.7. The van der Waals surface area contributed by atoms with Gasteiger partial charge >= 0.3 is 0 Å². The molecule has 0 saturated heterocycles. The van der Waals surface area contributed by atoms with E-state index in [1.165, 1.54) is 18.6 Å². The first-order valence-corrected chi connectivity index (χ1v) is 7.39. The van der Waals surface area contributed by atoms with Crippen molar-refractivity contribution in [2.24, 2.45) is 0 Å². The standard InChI is InChI=1S/C16H23F2NO/c1-3-20-16(9-5-4-6-10-16)15(19-2)12-7-8-13(17)14(18)11-12/h7-8,11,15,19H,3-6,9-10H2,1-2H3. The van der Waals surface area contributed by atoms with Gasteiger partial charge in [-0.25, -0.2) is 8.78 Å². The molecule has 2 nitrogen and oxygen atoms in total. The Bertz CT molecular complexity index is 439. The highest BCUT2D eigenvalue weighted by atomic mass is 19.2. The smallest absolute Gasteiger partial charge is 0.159 e. The molecule has 1 atom stereocenters. The fourth-order valence-corrected chi connectivity index (χ4v) is 3.38. The Morgan fingerprint density at radius 2 is 1.90 bits per heavy atom. The molecule has 0 bridgehead atoms. The molecule has 1 unspecified atom stereocenters. The molecule has 20 heavy (non-hydrogen) atoms. The maximum Gasteiger partial charge on any atom is 0.159 e. The van der Waals surface area contributed by atoms with Gasteiger partial charge in [0.1, 0.15) is 0 Å². The molecule has 0 aromatic heterocycles. The van der Waals surface area contributed by atoms with Crippen LogP contribution in [0.3, 0.4) is 0 Å². The molecule has 0 heterocycles. The lowest BCUT2D eigenvalue weighted by molar-refractivity contribution is -0.0899. The van der Waals surface area contributed by atoms with E-state index in [9.17, 15) is 8.78 Å². The zero-order chi connectivity index (χ0) is 14.6. The second kappa shape index (κ2) is 6.64. The van der Waals surface area contributed by atoms with Crippen LogP contribution < -0.4 is 5.32 Å². The van der Waals surface area contributed by atoms with Crippen LogP contribution in [-0.2, 0) is 4.74 Å². The number of halogens is 2. The van der Waals surface area contributed by atoms with Crippen LogP contribution in [0.1, 0.15) is 50.6 Å². The molecular weight excluding hydrogens is 260 g/mol. The summed E-state index contributed by atoms with van der Waals surface area (Å²) in [6, 6.07) is 4.01. The summed E-state index contributed by atoms with van der Waals surface area (Å²) in [6.45, 7) is 2.61. The zero-order valence-electron chi connectivity index (χ0n) is 12.2. The van der Waals surface area contributed by atoms with Crippen molar-refractivity contribution < 1.29 is 13.5 Å². The van der Waals surface area contributed by atoms with Crippen LogP contribution in [0.15, 0.2) is 18.2 Å². The van der Waals surface area contributed by atoms with Crippen molar-refractivity contribution in [1.29, 1.82) is 0 Å². The molecule has 1 saturated carbocycles. The van der Waals surface area contributed by atoms with E-state index in [1.807, 2.05) is 14.0 Å². The average Bonchev–Trinajstić information content (AvgIpc) is 2.45. The summed E-state index contributed by atoms with van der Waals surface area (Å²) in [7, 11) is 1.85. The van der Waals surface area contributed by atoms with Gasteiger partial charge in [0.25, 0.3) is 0 Å². The molecule has 1 aliphatic carbocycles. The average molecular weight is 283 g/mol. The van der Waals surface area contributed by atoms with E-state index in [1.54, 1.807) is 6.07 Å². The molecule has 0 radical (unpaired) electrons. The summed E-state index contributed by atoms with van der Waals surface area (Å²) in [6.07, 6.45) is 5.34. The minimum Gasteiger partial charge on any atom is -0.373 e. The normalized spacial score (nSPS) is 19.8. The van der Waals surface area contributed by atoms with Crippen LogP contribution >= 0.6 is 0 Å². The molecule has 4 heteroatoms. The van der Waals surface area contributed by atoms with Crippen LogP contribution in [0, 0.1) is 11.6 Å². The SMILES string of the molecule is CCOC1(C(NC)c2ccc(F)c(F)c2)CCCCC1. The van der Waals surface area contributed by atoms with E-state index in [2.05, 4.69) is 5.32 Å². The predicted octanol–water partition coefficient (Wildman–Crippen LogP) is 3.96. The maximum atomic E-state index is 13.5. The van der Waals surface area contributed by atoms with Gasteiger partial charge in [-0.2, -0.15) is 0 Å². The van der Waals surface area contributed by atoms with Crippen molar-refractivity contribution in [1.82, 2.24) is 5.32 Å². The number of ether oxygens (including phenoxy) is 1. The largest absolute Gasteiger partial charge is 0.373 e. The molecular formula is C16H23F2NO. The topological polar surface area (TPSA) is 21.3 Å². The van der Waals surface area contributed by atoms with Crippen molar-refractivity contribution in [2.75, 3.05) is 13.7 Å². The number of benzene rings is 1. The van der Waals surface area contributed by atoms with Gasteiger partial charge < -0.3 is 10.1 Å². The van der Waals surface area contributed by atoms with Gasteiger partial charge in [0.15, 0.2) is 11.6 Å². The number of hydrogen-bond donors (Lipinski definition) is 1. The van der Waals surface area contributed by atoms with Crippen LogP contribution in [-0.4, -0.2) is 19.3 Å². The van der Waals surface area contributed by atoms with Crippen molar-refractivity contribution in [3.05, 3.63) is 35.4 Å². The highest BCUT2D eigenvalue weighted by molar-refractivity contribution is 5.24. The Kier molecular flexibility index (Phi) is 5.11. The number of hydrogen-bond acceptors (Lipinski definition) is 2. The number of rotatable bonds is 5. The van der Waals surface area contributed by atoms with Crippen molar-refractivity contribution >= 4 is 0 Å². The van der Waals surface area contributed by atoms with Crippen LogP contribution in [0.2, 0.25) is 0 Å². The minimum absolute atomic E-state index is 0.113. The van der Waals surface area contributed by atoms with Crippen LogP contribution in [0.5, 0.6) is 0 Å². The Morgan fingerprint density at radius 3 is 2.45 bits per heavy atom. The third-order valence-electron chi connectivity index (χ3n) is 4.22. The number of nitrogens with one attached hydrogen (secondary N) is 1. The molecule has 2 rings (SSSR count). The predicted molar refractivity (Wildman–Crippen MR) is 75.6 cm³/mol. The first-order chi connectivity index (χ1) is 9.63. The van der Waals surface area contributed by atoms with E-state index in [4.69, 9.17) is 4.74 Å². The Hall–Kier alpha value is -1.00. The first-order valence-electron chi connectivity index (χ1n) is 7.39. The van der Waals surface area contributed by atoms with Crippen LogP contribution in [0.25, 0.3) is 0 Å². The second-order valence-corrected chi connectivity index (χ2v) is 5.45. The summed E-state index contributed by atoms with van der Waals surface area (Å²) in [4.78, 5) is 0. The quantitative estimate of drug-likeness (QED) is 0.883. The van der Waals surface area contributed by atoms with Gasteiger partial charge in [0, 0.05) is 6.61 Å². The fraction of sp³-hybridized carbons (Fsp3) is 0.625. The lowest BCUT2D eigenvalue weighted by Crippen LogP contribution is -2.46. The van der Waals surface area contributed by atoms with E-state index in [0.717, 1.165) is 31.2 Å². The lowest BCUT2D eigenvalue weighted by atomic mass is 9.76. The van der Waals surface area contributed by atoms with Gasteiger partial charge in [0.05, 0.1) is 11.6 Å². The van der Waals surface area contributed by atoms with E-state index in [0.29, 0.717) is 6.61 Å². The number of likely N-dealkylation sites (N-methyl/N-ethyl adjacent to an activating group) is 1. The summed E-state index contributed by atoms with van der Waals surface area (Å²) in [5, 5.41) is 3.25. The lowest BCUT2D eigenvalue weighted by Gasteiger charge is -2.43. The molecule has 0 spiro atoms. The van der Waals surface area contributed by atoms with Gasteiger partial charge in [0.2, 0.25) is 0 Å². The zero-order valence-corrected chi connectivity index (χ0v) is 12.2. The summed E-state index contributed by atoms with van der Waals surface area (Å²) >= 11 is 0. The first kappa shape index (κ1) is 15.4. The molecule has 112 valence electrons. The van der Waals surface area contributed by atoms with Crippen molar-refractivity contribution in [2.45, 2.75) is 50.7 Å². The second-order valence-electron chi connectivity index (χ2n) is 5.45. The van der Waals surface area contributed by atoms with Crippen molar-refractivity contribution in [3.8, 4) is 0 Å². The molecule has 1 aromatic rings. The fourth-order valence-electron chi connectivity index (χ4n) is 3.38. The Balaban J connectivity index is 2.34. The van der Waals surface area contributed by atoms with Crippen molar-refractivity contribution in [3.63, 3.8) is 0 Å². The molecule has 1 aliphatic rings.